The molecule has 1 aliphatic rings. The van der Waals surface area contributed by atoms with Gasteiger partial charge in [0.1, 0.15) is 6.61 Å². The zero-order chi connectivity index (χ0) is 7.78. The van der Waals surface area contributed by atoms with Crippen molar-refractivity contribution in [3.05, 3.63) is 0 Å². The highest BCUT2D eigenvalue weighted by molar-refractivity contribution is 6.38. The topological polar surface area (TPSA) is 43.4 Å². The second-order valence-corrected chi connectivity index (χ2v) is 3.07. The Bertz CT molecular complexity index is 181. The lowest BCUT2D eigenvalue weighted by atomic mass is 9.97. The van der Waals surface area contributed by atoms with Crippen LogP contribution in [0.15, 0.2) is 0 Å². The third-order valence-electron chi connectivity index (χ3n) is 1.49. The average Bonchev–Trinajstić information content (AvgIpc) is 1.79. The highest BCUT2D eigenvalue weighted by Gasteiger charge is 2.32. The van der Waals surface area contributed by atoms with Gasteiger partial charge in [0.2, 0.25) is 11.6 Å². The second-order valence-electron chi connectivity index (χ2n) is 3.07. The molecule has 0 N–H and O–H groups in total. The van der Waals surface area contributed by atoms with Gasteiger partial charge in [0.05, 0.1) is 5.60 Å². The van der Waals surface area contributed by atoms with Crippen molar-refractivity contribution < 1.29 is 14.3 Å². The number of ketones is 2. The minimum absolute atomic E-state index is 0.0498. The van der Waals surface area contributed by atoms with Crippen LogP contribution in [0.2, 0.25) is 0 Å². The fraction of sp³-hybridized carbons (Fsp3) is 0.714. The van der Waals surface area contributed by atoms with Gasteiger partial charge in [-0.15, -0.1) is 0 Å². The summed E-state index contributed by atoms with van der Waals surface area (Å²) in [7, 11) is 0. The summed E-state index contributed by atoms with van der Waals surface area (Å²) in [6, 6.07) is 0. The van der Waals surface area contributed by atoms with Gasteiger partial charge in [-0.3, -0.25) is 9.59 Å². The van der Waals surface area contributed by atoms with Crippen molar-refractivity contribution >= 4 is 11.6 Å². The zero-order valence-corrected chi connectivity index (χ0v) is 6.14. The van der Waals surface area contributed by atoms with Gasteiger partial charge in [-0.25, -0.2) is 0 Å². The summed E-state index contributed by atoms with van der Waals surface area (Å²) in [6.45, 7) is 3.56. The summed E-state index contributed by atoms with van der Waals surface area (Å²) >= 11 is 0. The Kier molecular flexibility index (Phi) is 1.60. The summed E-state index contributed by atoms with van der Waals surface area (Å²) in [5.41, 5.74) is -0.439. The van der Waals surface area contributed by atoms with Crippen LogP contribution in [0.5, 0.6) is 0 Å². The normalized spacial score (nSPS) is 25.0. The summed E-state index contributed by atoms with van der Waals surface area (Å²) in [6.07, 6.45) is 0.214. The number of carbonyl (C=O) groups is 2. The molecule has 0 aromatic heterocycles. The average molecular weight is 142 g/mol. The van der Waals surface area contributed by atoms with Crippen molar-refractivity contribution in [2.45, 2.75) is 25.9 Å². The molecule has 0 aliphatic carbocycles. The van der Waals surface area contributed by atoms with E-state index >= 15 is 0 Å². The number of hydrogen-bond donors (Lipinski definition) is 0. The Morgan fingerprint density at radius 2 is 1.90 bits per heavy atom. The second kappa shape index (κ2) is 2.16. The summed E-state index contributed by atoms with van der Waals surface area (Å²) in [5, 5.41) is 0. The van der Waals surface area contributed by atoms with Crippen LogP contribution in [0.3, 0.4) is 0 Å². The van der Waals surface area contributed by atoms with E-state index in [0.717, 1.165) is 0 Å². The third kappa shape index (κ3) is 1.42. The van der Waals surface area contributed by atoms with E-state index < -0.39 is 11.4 Å². The molecule has 0 saturated carbocycles. The molecule has 0 radical (unpaired) electrons. The van der Waals surface area contributed by atoms with Crippen LogP contribution in [0.25, 0.3) is 0 Å². The molecular formula is C7H10O3. The number of carbonyl (C=O) groups excluding carboxylic acids is 2. The standard InChI is InChI=1S/C7H10O3/c1-7(2)3-5(8)6(9)4-10-7/h3-4H2,1-2H3. The van der Waals surface area contributed by atoms with E-state index in [-0.39, 0.29) is 18.8 Å². The highest BCUT2D eigenvalue weighted by Crippen LogP contribution is 2.18. The summed E-state index contributed by atoms with van der Waals surface area (Å²) < 4.78 is 5.08. The molecule has 0 bridgehead atoms. The fourth-order valence-electron chi connectivity index (χ4n) is 0.878. The molecule has 1 aliphatic heterocycles. The van der Waals surface area contributed by atoms with E-state index in [4.69, 9.17) is 4.74 Å². The molecule has 10 heavy (non-hydrogen) atoms. The lowest BCUT2D eigenvalue weighted by molar-refractivity contribution is -0.153. The third-order valence-corrected chi connectivity index (χ3v) is 1.49. The van der Waals surface area contributed by atoms with E-state index in [1.165, 1.54) is 0 Å². The first-order valence-electron chi connectivity index (χ1n) is 3.21. The van der Waals surface area contributed by atoms with Gasteiger partial charge >= 0.3 is 0 Å². The molecule has 1 saturated heterocycles. The van der Waals surface area contributed by atoms with Crippen LogP contribution < -0.4 is 0 Å². The van der Waals surface area contributed by atoms with E-state index in [0.29, 0.717) is 0 Å². The number of Topliss-reactive ketones (excluding diaryl/α,β-unsaturated/α-hetero) is 2. The molecular weight excluding hydrogens is 132 g/mol. The van der Waals surface area contributed by atoms with E-state index in [9.17, 15) is 9.59 Å². The number of rotatable bonds is 0. The fourth-order valence-corrected chi connectivity index (χ4v) is 0.878. The van der Waals surface area contributed by atoms with E-state index in [2.05, 4.69) is 0 Å². The maximum Gasteiger partial charge on any atom is 0.224 e. The molecule has 3 heteroatoms. The van der Waals surface area contributed by atoms with E-state index in [1.807, 2.05) is 0 Å². The predicted octanol–water partition coefficient (Wildman–Crippen LogP) is 0.323. The Morgan fingerprint density at radius 1 is 1.30 bits per heavy atom. The largest absolute Gasteiger partial charge is 0.367 e. The zero-order valence-electron chi connectivity index (χ0n) is 6.14. The van der Waals surface area contributed by atoms with Gasteiger partial charge in [0.25, 0.3) is 0 Å². The van der Waals surface area contributed by atoms with Crippen LogP contribution in [0, 0.1) is 0 Å². The smallest absolute Gasteiger partial charge is 0.224 e. The SMILES string of the molecule is CC1(C)CC(=O)C(=O)CO1. The van der Waals surface area contributed by atoms with Crippen molar-refractivity contribution in [3.8, 4) is 0 Å². The van der Waals surface area contributed by atoms with Crippen molar-refractivity contribution in [1.29, 1.82) is 0 Å². The quantitative estimate of drug-likeness (QED) is 0.457. The summed E-state index contributed by atoms with van der Waals surface area (Å²) in [4.78, 5) is 21.4. The molecule has 0 aromatic rings. The molecule has 1 rings (SSSR count). The molecule has 1 heterocycles. The monoisotopic (exact) mass is 142 g/mol. The van der Waals surface area contributed by atoms with Gasteiger partial charge in [0, 0.05) is 6.42 Å². The maximum absolute atomic E-state index is 10.8. The first-order chi connectivity index (χ1) is 4.51. The predicted molar refractivity (Wildman–Crippen MR) is 34.7 cm³/mol. The van der Waals surface area contributed by atoms with Crippen LogP contribution in [-0.2, 0) is 14.3 Å². The Labute approximate surface area is 59.4 Å². The van der Waals surface area contributed by atoms with Crippen molar-refractivity contribution in [2.75, 3.05) is 6.61 Å². The molecule has 1 fully saturated rings. The van der Waals surface area contributed by atoms with Crippen LogP contribution >= 0.6 is 0 Å². The van der Waals surface area contributed by atoms with Crippen molar-refractivity contribution in [2.24, 2.45) is 0 Å². The van der Waals surface area contributed by atoms with Crippen molar-refractivity contribution in [3.63, 3.8) is 0 Å². The lowest BCUT2D eigenvalue weighted by Crippen LogP contribution is -2.40. The first-order valence-corrected chi connectivity index (χ1v) is 3.21. The van der Waals surface area contributed by atoms with Crippen LogP contribution in [0.1, 0.15) is 20.3 Å². The first kappa shape index (κ1) is 7.41. The van der Waals surface area contributed by atoms with Gasteiger partial charge in [-0.2, -0.15) is 0 Å². The summed E-state index contributed by atoms with van der Waals surface area (Å²) in [5.74, 6) is -0.712. The Morgan fingerprint density at radius 3 is 2.30 bits per heavy atom. The molecule has 0 atom stereocenters. The molecule has 0 spiro atoms. The van der Waals surface area contributed by atoms with Gasteiger partial charge in [-0.05, 0) is 13.8 Å². The highest BCUT2D eigenvalue weighted by atomic mass is 16.5. The number of hydrogen-bond acceptors (Lipinski definition) is 3. The van der Waals surface area contributed by atoms with Crippen LogP contribution in [0.4, 0.5) is 0 Å². The van der Waals surface area contributed by atoms with Crippen LogP contribution in [-0.4, -0.2) is 23.8 Å². The minimum atomic E-state index is -0.439. The Balaban J connectivity index is 2.66. The number of ether oxygens (including phenoxy) is 1. The lowest BCUT2D eigenvalue weighted by Gasteiger charge is -2.27. The Hall–Kier alpha value is -0.700. The van der Waals surface area contributed by atoms with Gasteiger partial charge < -0.3 is 4.74 Å². The van der Waals surface area contributed by atoms with Crippen molar-refractivity contribution in [1.82, 2.24) is 0 Å². The maximum atomic E-state index is 10.8. The molecule has 0 amide bonds. The van der Waals surface area contributed by atoms with E-state index in [1.54, 1.807) is 13.8 Å². The molecule has 0 aromatic carbocycles. The minimum Gasteiger partial charge on any atom is -0.367 e. The molecule has 3 nitrogen and oxygen atoms in total. The van der Waals surface area contributed by atoms with Gasteiger partial charge in [0.15, 0.2) is 0 Å². The molecule has 56 valence electrons. The molecule has 0 unspecified atom stereocenters. The van der Waals surface area contributed by atoms with Gasteiger partial charge in [-0.1, -0.05) is 0 Å².